The number of aromatic hydroxyl groups is 2. The topological polar surface area (TPSA) is 175 Å². The third kappa shape index (κ3) is 4.98. The van der Waals surface area contributed by atoms with Crippen molar-refractivity contribution in [1.82, 2.24) is 0 Å². The Balaban J connectivity index is 1.75. The molecule has 8 N–H and O–H groups in total. The van der Waals surface area contributed by atoms with Gasteiger partial charge < -0.3 is 36.6 Å². The molecule has 4 rings (SSSR count). The number of hydrogen-bond donors (Lipinski definition) is 5. The van der Waals surface area contributed by atoms with Gasteiger partial charge in [-0.25, -0.2) is 0 Å². The molecular weight excluding hydrogens is 450 g/mol. The Morgan fingerprint density at radius 3 is 2.31 bits per heavy atom. The van der Waals surface area contributed by atoms with E-state index in [0.29, 0.717) is 23.2 Å². The highest BCUT2D eigenvalue weighted by molar-refractivity contribution is 6.18. The zero-order valence-electron chi connectivity index (χ0n) is 18.8. The van der Waals surface area contributed by atoms with Crippen molar-refractivity contribution < 1.29 is 29.0 Å². The summed E-state index contributed by atoms with van der Waals surface area (Å²) in [6, 6.07) is 15.0. The molecule has 0 saturated heterocycles. The van der Waals surface area contributed by atoms with E-state index in [1.165, 1.54) is 24.3 Å². The average Bonchev–Trinajstić information content (AvgIpc) is 3.17. The maximum atomic E-state index is 13.5. The summed E-state index contributed by atoms with van der Waals surface area (Å²) in [5, 5.41) is 20.9. The number of hydrogen-bond acceptors (Lipinski definition) is 8. The molecule has 1 heterocycles. The molecule has 0 spiro atoms. The first kappa shape index (κ1) is 23.5. The van der Waals surface area contributed by atoms with E-state index >= 15 is 0 Å². The number of nitrogen functional groups attached to an aromatic ring is 2. The predicted octanol–water partition coefficient (Wildman–Crippen LogP) is 3.63. The summed E-state index contributed by atoms with van der Waals surface area (Å²) in [6.45, 7) is 0.226. The zero-order chi connectivity index (χ0) is 25.1. The molecule has 0 radical (unpaired) electrons. The molecule has 35 heavy (non-hydrogen) atoms. The number of rotatable bonds is 9. The van der Waals surface area contributed by atoms with E-state index in [1.807, 2.05) is 30.3 Å². The van der Waals surface area contributed by atoms with Gasteiger partial charge in [0, 0.05) is 29.9 Å². The van der Waals surface area contributed by atoms with Crippen LogP contribution in [0.25, 0.3) is 11.0 Å². The highest BCUT2D eigenvalue weighted by Gasteiger charge is 2.25. The molecule has 180 valence electrons. The van der Waals surface area contributed by atoms with Crippen LogP contribution in [0.4, 0.5) is 11.4 Å². The van der Waals surface area contributed by atoms with Crippen LogP contribution in [0, 0.1) is 0 Å². The quantitative estimate of drug-likeness (QED) is 0.138. The van der Waals surface area contributed by atoms with Crippen molar-refractivity contribution in [1.29, 1.82) is 0 Å². The second-order valence-corrected chi connectivity index (χ2v) is 8.14. The number of nitrogens with two attached hydrogens (primary N) is 3. The van der Waals surface area contributed by atoms with Gasteiger partial charge in [-0.1, -0.05) is 30.3 Å². The number of phenols is 2. The Morgan fingerprint density at radius 1 is 0.971 bits per heavy atom. The van der Waals surface area contributed by atoms with Crippen LogP contribution >= 0.6 is 0 Å². The third-order valence-electron chi connectivity index (χ3n) is 5.56. The molecule has 0 fully saturated rings. The summed E-state index contributed by atoms with van der Waals surface area (Å²) in [7, 11) is 0. The molecule has 9 nitrogen and oxygen atoms in total. The fourth-order valence-corrected chi connectivity index (χ4v) is 3.82. The minimum atomic E-state index is -0.470. The lowest BCUT2D eigenvalue weighted by atomic mass is 9.97. The molecule has 1 aromatic heterocycles. The van der Waals surface area contributed by atoms with Crippen molar-refractivity contribution in [2.45, 2.75) is 25.9 Å². The molecule has 9 heteroatoms. The van der Waals surface area contributed by atoms with Crippen LogP contribution in [-0.2, 0) is 17.8 Å². The van der Waals surface area contributed by atoms with Crippen LogP contribution in [0.1, 0.15) is 40.1 Å². The van der Waals surface area contributed by atoms with Crippen LogP contribution in [0.2, 0.25) is 0 Å². The van der Waals surface area contributed by atoms with E-state index in [0.717, 1.165) is 5.56 Å². The molecule has 0 unspecified atom stereocenters. The van der Waals surface area contributed by atoms with Gasteiger partial charge in [0.15, 0.2) is 23.0 Å². The van der Waals surface area contributed by atoms with Gasteiger partial charge in [-0.15, -0.1) is 0 Å². The van der Waals surface area contributed by atoms with Crippen LogP contribution in [0.15, 0.2) is 59.0 Å². The lowest BCUT2D eigenvalue weighted by molar-refractivity contribution is -0.118. The van der Waals surface area contributed by atoms with Crippen LogP contribution < -0.4 is 21.9 Å². The number of carbonyl (C=O) groups is 2. The van der Waals surface area contributed by atoms with Crippen molar-refractivity contribution in [3.63, 3.8) is 0 Å². The number of benzene rings is 3. The van der Waals surface area contributed by atoms with Gasteiger partial charge in [-0.2, -0.15) is 0 Å². The lowest BCUT2D eigenvalue weighted by Crippen LogP contribution is -2.11. The van der Waals surface area contributed by atoms with Crippen LogP contribution in [-0.4, -0.2) is 21.9 Å². The first-order valence-electron chi connectivity index (χ1n) is 10.9. The van der Waals surface area contributed by atoms with Gasteiger partial charge in [-0.3, -0.25) is 9.59 Å². The fourth-order valence-electron chi connectivity index (χ4n) is 3.82. The molecule has 0 atom stereocenters. The maximum absolute atomic E-state index is 13.5. The zero-order valence-corrected chi connectivity index (χ0v) is 18.8. The van der Waals surface area contributed by atoms with Crippen molar-refractivity contribution in [2.75, 3.05) is 11.5 Å². The maximum Gasteiger partial charge on any atom is 0.217 e. The largest absolute Gasteiger partial charge is 0.504 e. The van der Waals surface area contributed by atoms with Gasteiger partial charge in [0.2, 0.25) is 5.91 Å². The number of carbonyl (C=O) groups excluding carboxylic acids is 2. The van der Waals surface area contributed by atoms with E-state index in [2.05, 4.69) is 0 Å². The van der Waals surface area contributed by atoms with E-state index in [-0.39, 0.29) is 59.2 Å². The first-order valence-corrected chi connectivity index (χ1v) is 10.9. The summed E-state index contributed by atoms with van der Waals surface area (Å²) < 4.78 is 11.7. The number of ether oxygens (including phenoxy) is 1. The van der Waals surface area contributed by atoms with Crippen LogP contribution in [0.3, 0.4) is 0 Å². The summed E-state index contributed by atoms with van der Waals surface area (Å²) in [6.07, 6.45) is 0.724. The number of amides is 1. The Bertz CT molecular complexity index is 1390. The highest BCUT2D eigenvalue weighted by atomic mass is 16.5. The Kier molecular flexibility index (Phi) is 6.50. The number of anilines is 2. The molecule has 1 amide bonds. The number of ketones is 1. The summed E-state index contributed by atoms with van der Waals surface area (Å²) in [5.41, 5.74) is 18.3. The van der Waals surface area contributed by atoms with Gasteiger partial charge in [0.25, 0.3) is 0 Å². The second-order valence-electron chi connectivity index (χ2n) is 8.14. The normalized spacial score (nSPS) is 11.0. The summed E-state index contributed by atoms with van der Waals surface area (Å²) in [5.74, 6) is -0.905. The SMILES string of the molecule is NC(=O)CCCc1oc2cc(OCc3ccccc3)c(O)cc2c1C(=O)c1cc(N)c(O)c(N)c1. The molecule has 0 aliphatic carbocycles. The minimum Gasteiger partial charge on any atom is -0.504 e. The Labute approximate surface area is 200 Å². The molecule has 4 aromatic rings. The van der Waals surface area contributed by atoms with Gasteiger partial charge in [0.1, 0.15) is 18.0 Å². The Hall–Kier alpha value is -4.66. The van der Waals surface area contributed by atoms with Crippen molar-refractivity contribution in [2.24, 2.45) is 5.73 Å². The Morgan fingerprint density at radius 2 is 1.66 bits per heavy atom. The first-order chi connectivity index (χ1) is 16.7. The van der Waals surface area contributed by atoms with E-state index < -0.39 is 11.7 Å². The van der Waals surface area contributed by atoms with E-state index in [1.54, 1.807) is 0 Å². The molecule has 3 aromatic carbocycles. The molecular formula is C26H25N3O6. The van der Waals surface area contributed by atoms with Crippen molar-refractivity contribution >= 4 is 34.0 Å². The third-order valence-corrected chi connectivity index (χ3v) is 5.56. The van der Waals surface area contributed by atoms with Crippen molar-refractivity contribution in [3.8, 4) is 17.2 Å². The monoisotopic (exact) mass is 475 g/mol. The predicted molar refractivity (Wildman–Crippen MR) is 131 cm³/mol. The second kappa shape index (κ2) is 9.68. The molecule has 0 aliphatic rings. The lowest BCUT2D eigenvalue weighted by Gasteiger charge is -2.09. The number of primary amides is 1. The number of furan rings is 1. The van der Waals surface area contributed by atoms with Crippen molar-refractivity contribution in [3.05, 3.63) is 77.0 Å². The average molecular weight is 476 g/mol. The van der Waals surface area contributed by atoms with Gasteiger partial charge >= 0.3 is 0 Å². The highest BCUT2D eigenvalue weighted by Crippen LogP contribution is 2.38. The summed E-state index contributed by atoms with van der Waals surface area (Å²) >= 11 is 0. The molecule has 0 aliphatic heterocycles. The molecule has 0 saturated carbocycles. The fraction of sp³-hybridized carbons (Fsp3) is 0.154. The van der Waals surface area contributed by atoms with Gasteiger partial charge in [-0.05, 0) is 30.2 Å². The van der Waals surface area contributed by atoms with E-state index in [4.69, 9.17) is 26.4 Å². The smallest absolute Gasteiger partial charge is 0.217 e. The van der Waals surface area contributed by atoms with Crippen LogP contribution in [0.5, 0.6) is 17.2 Å². The number of fused-ring (bicyclic) bond motifs is 1. The number of phenolic OH excluding ortho intramolecular Hbond substituents is 2. The number of aryl methyl sites for hydroxylation is 1. The summed E-state index contributed by atoms with van der Waals surface area (Å²) in [4.78, 5) is 24.7. The van der Waals surface area contributed by atoms with E-state index in [9.17, 15) is 19.8 Å². The minimum absolute atomic E-state index is 0.0455. The molecule has 0 bridgehead atoms. The van der Waals surface area contributed by atoms with Gasteiger partial charge in [0.05, 0.1) is 16.9 Å². The standard InChI is InChI=1S/C26H25N3O6/c27-17-9-15(10-18(28)26(17)33)25(32)24-16-11-19(30)22(34-13-14-5-2-1-3-6-14)12-21(16)35-20(24)7-4-8-23(29)31/h1-3,5-6,9-12,30,33H,4,7-8,13,27-28H2,(H2,29,31).